The normalized spacial score (nSPS) is 33.7. The summed E-state index contributed by atoms with van der Waals surface area (Å²) in [5, 5.41) is 21.6. The van der Waals surface area contributed by atoms with Gasteiger partial charge in [-0.25, -0.2) is 0 Å². The van der Waals surface area contributed by atoms with Gasteiger partial charge in [0.15, 0.2) is 12.6 Å². The van der Waals surface area contributed by atoms with Crippen molar-refractivity contribution in [2.24, 2.45) is 0 Å². The molecule has 0 aromatic heterocycles. The largest absolute Gasteiger partial charge is 0.385 e. The van der Waals surface area contributed by atoms with Crippen LogP contribution in [0.3, 0.4) is 0 Å². The van der Waals surface area contributed by atoms with Crippen LogP contribution in [0.1, 0.15) is 106 Å². The fourth-order valence-electron chi connectivity index (χ4n) is 5.14. The zero-order valence-corrected chi connectivity index (χ0v) is 27.2. The van der Waals surface area contributed by atoms with E-state index in [1.807, 2.05) is 6.92 Å². The maximum Gasteiger partial charge on any atom is 0.187 e. The first-order valence-electron chi connectivity index (χ1n) is 16.8. The summed E-state index contributed by atoms with van der Waals surface area (Å²) in [5.41, 5.74) is 0. The van der Waals surface area contributed by atoms with E-state index in [1.165, 1.54) is 0 Å². The quantitative estimate of drug-likeness (QED) is 0.158. The molecule has 2 saturated heterocycles. The second-order valence-electron chi connectivity index (χ2n) is 11.6. The van der Waals surface area contributed by atoms with Crippen molar-refractivity contribution in [3.05, 3.63) is 0 Å². The van der Waals surface area contributed by atoms with Crippen molar-refractivity contribution in [3.8, 4) is 0 Å². The zero-order valence-electron chi connectivity index (χ0n) is 27.2. The Labute approximate surface area is 255 Å². The lowest BCUT2D eigenvalue weighted by atomic mass is 9.96. The number of ether oxygens (including phenoxy) is 8. The van der Waals surface area contributed by atoms with Crippen molar-refractivity contribution in [2.45, 2.75) is 167 Å². The standard InChI is InChI=1S/C32H62O10/c1-7-12-17-35-22-24-27(37-19-14-9-3)29(38-20-15-10-4)30(39-21-16-11-5)32(41-24)42-28-25(33)31(34)40-23(6)26(28)36-18-13-8-2/h23-34H,7-22H2,1-6H3/t23?,24-,25-,26-,27+,28?,29?,30?,31+,32+/m0/s1. The highest BCUT2D eigenvalue weighted by Gasteiger charge is 2.52. The van der Waals surface area contributed by atoms with E-state index in [4.69, 9.17) is 37.9 Å². The lowest BCUT2D eigenvalue weighted by molar-refractivity contribution is -0.366. The van der Waals surface area contributed by atoms with E-state index in [0.29, 0.717) is 39.6 Å². The molecule has 0 saturated carbocycles. The van der Waals surface area contributed by atoms with Gasteiger partial charge in [-0.2, -0.15) is 0 Å². The molecule has 0 amide bonds. The molecule has 2 N–H and O–H groups in total. The maximum atomic E-state index is 11.1. The Kier molecular flexibility index (Phi) is 19.9. The van der Waals surface area contributed by atoms with Gasteiger partial charge in [-0.05, 0) is 39.0 Å². The SMILES string of the molecule is CCCCOC[C@@H]1O[C@H](OC2[C@@H](OCCCC)C(C)O[C@@H](O)[C@H]2O)C(OCCCC)C(OCCCC)[C@@H]1OCCCC. The lowest BCUT2D eigenvalue weighted by Crippen LogP contribution is -2.65. The van der Waals surface area contributed by atoms with Crippen LogP contribution in [0.2, 0.25) is 0 Å². The fourth-order valence-corrected chi connectivity index (χ4v) is 5.14. The monoisotopic (exact) mass is 606 g/mol. The minimum Gasteiger partial charge on any atom is -0.385 e. The van der Waals surface area contributed by atoms with Crippen LogP contribution in [0.5, 0.6) is 0 Å². The van der Waals surface area contributed by atoms with E-state index >= 15 is 0 Å². The summed E-state index contributed by atoms with van der Waals surface area (Å²) < 4.78 is 50.4. The highest BCUT2D eigenvalue weighted by Crippen LogP contribution is 2.34. The molecule has 0 spiro atoms. The lowest BCUT2D eigenvalue weighted by Gasteiger charge is -2.49. The van der Waals surface area contributed by atoms with Gasteiger partial charge in [0.05, 0.1) is 12.7 Å². The van der Waals surface area contributed by atoms with Gasteiger partial charge in [0, 0.05) is 33.0 Å². The molecular formula is C32H62O10. The van der Waals surface area contributed by atoms with Crippen molar-refractivity contribution in [1.82, 2.24) is 0 Å². The Hall–Kier alpha value is -0.400. The summed E-state index contributed by atoms with van der Waals surface area (Å²) in [7, 11) is 0. The highest BCUT2D eigenvalue weighted by atomic mass is 16.7. The number of unbranched alkanes of at least 4 members (excludes halogenated alkanes) is 5. The highest BCUT2D eigenvalue weighted by molar-refractivity contribution is 4.96. The van der Waals surface area contributed by atoms with Gasteiger partial charge in [-0.15, -0.1) is 0 Å². The molecule has 2 fully saturated rings. The van der Waals surface area contributed by atoms with Gasteiger partial charge in [-0.3, -0.25) is 0 Å². The van der Waals surface area contributed by atoms with Crippen LogP contribution in [0.15, 0.2) is 0 Å². The van der Waals surface area contributed by atoms with Crippen molar-refractivity contribution >= 4 is 0 Å². The minimum atomic E-state index is -1.41. The molecule has 10 atom stereocenters. The number of hydrogen-bond acceptors (Lipinski definition) is 10. The molecule has 42 heavy (non-hydrogen) atoms. The van der Waals surface area contributed by atoms with Crippen molar-refractivity contribution < 1.29 is 48.1 Å². The summed E-state index contributed by atoms with van der Waals surface area (Å²) in [5.74, 6) is 0. The molecule has 2 heterocycles. The number of rotatable bonds is 23. The van der Waals surface area contributed by atoms with Crippen LogP contribution in [-0.2, 0) is 37.9 Å². The molecule has 250 valence electrons. The van der Waals surface area contributed by atoms with Crippen LogP contribution in [0, 0.1) is 0 Å². The van der Waals surface area contributed by atoms with E-state index in [1.54, 1.807) is 0 Å². The third kappa shape index (κ3) is 12.2. The van der Waals surface area contributed by atoms with Gasteiger partial charge >= 0.3 is 0 Å². The summed E-state index contributed by atoms with van der Waals surface area (Å²) in [6.07, 6.45) is 1.85. The Balaban J connectivity index is 2.41. The summed E-state index contributed by atoms with van der Waals surface area (Å²) >= 11 is 0. The minimum absolute atomic E-state index is 0.317. The van der Waals surface area contributed by atoms with Gasteiger partial charge in [-0.1, -0.05) is 66.7 Å². The Bertz CT molecular complexity index is 655. The molecule has 0 aliphatic carbocycles. The summed E-state index contributed by atoms with van der Waals surface area (Å²) in [4.78, 5) is 0. The average Bonchev–Trinajstić information content (AvgIpc) is 2.97. The number of hydrogen-bond donors (Lipinski definition) is 2. The van der Waals surface area contributed by atoms with Crippen LogP contribution >= 0.6 is 0 Å². The molecule has 2 rings (SSSR count). The zero-order chi connectivity index (χ0) is 30.7. The molecule has 0 aromatic rings. The Morgan fingerprint density at radius 3 is 1.57 bits per heavy atom. The summed E-state index contributed by atoms with van der Waals surface area (Å²) in [6, 6.07) is 0. The van der Waals surface area contributed by atoms with E-state index < -0.39 is 61.4 Å². The van der Waals surface area contributed by atoms with Crippen LogP contribution in [0.4, 0.5) is 0 Å². The van der Waals surface area contributed by atoms with Crippen LogP contribution < -0.4 is 0 Å². The Morgan fingerprint density at radius 1 is 0.548 bits per heavy atom. The summed E-state index contributed by atoms with van der Waals surface area (Å²) in [6.45, 7) is 15.5. The second kappa shape index (κ2) is 22.2. The smallest absolute Gasteiger partial charge is 0.187 e. The molecule has 10 nitrogen and oxygen atoms in total. The molecule has 10 heteroatoms. The van der Waals surface area contributed by atoms with Crippen molar-refractivity contribution in [3.63, 3.8) is 0 Å². The molecule has 4 unspecified atom stereocenters. The first-order valence-corrected chi connectivity index (χ1v) is 16.8. The molecule has 0 bridgehead atoms. The van der Waals surface area contributed by atoms with Gasteiger partial charge in [0.1, 0.15) is 42.7 Å². The predicted octanol–water partition coefficient (Wildman–Crippen LogP) is 4.75. The molecular weight excluding hydrogens is 544 g/mol. The van der Waals surface area contributed by atoms with Gasteiger partial charge in [0.25, 0.3) is 0 Å². The maximum absolute atomic E-state index is 11.1. The van der Waals surface area contributed by atoms with E-state index in [0.717, 1.165) is 64.2 Å². The van der Waals surface area contributed by atoms with E-state index in [2.05, 4.69) is 34.6 Å². The Morgan fingerprint density at radius 2 is 1.02 bits per heavy atom. The molecule has 2 aliphatic rings. The van der Waals surface area contributed by atoms with Crippen LogP contribution in [0.25, 0.3) is 0 Å². The topological polar surface area (TPSA) is 114 Å². The van der Waals surface area contributed by atoms with Crippen molar-refractivity contribution in [1.29, 1.82) is 0 Å². The molecule has 0 radical (unpaired) electrons. The van der Waals surface area contributed by atoms with Gasteiger partial charge in [0.2, 0.25) is 0 Å². The molecule has 2 aliphatic heterocycles. The third-order valence-corrected chi connectivity index (χ3v) is 7.81. The van der Waals surface area contributed by atoms with Crippen molar-refractivity contribution in [2.75, 3.05) is 39.6 Å². The second-order valence-corrected chi connectivity index (χ2v) is 11.6. The van der Waals surface area contributed by atoms with Gasteiger partial charge < -0.3 is 48.1 Å². The van der Waals surface area contributed by atoms with E-state index in [-0.39, 0.29) is 0 Å². The average molecular weight is 607 g/mol. The number of aliphatic hydroxyl groups excluding tert-OH is 2. The van der Waals surface area contributed by atoms with Crippen LogP contribution in [-0.4, -0.2) is 111 Å². The number of aliphatic hydroxyl groups is 2. The molecule has 0 aromatic carbocycles. The predicted molar refractivity (Wildman–Crippen MR) is 160 cm³/mol. The first kappa shape index (κ1) is 37.8. The fraction of sp³-hybridized carbons (Fsp3) is 1.00. The third-order valence-electron chi connectivity index (χ3n) is 7.81. The first-order chi connectivity index (χ1) is 20.4. The van der Waals surface area contributed by atoms with E-state index in [9.17, 15) is 10.2 Å².